The number of halogens is 3. The first-order valence-corrected chi connectivity index (χ1v) is 6.21. The molecule has 0 radical (unpaired) electrons. The van der Waals surface area contributed by atoms with E-state index in [1.165, 1.54) is 12.1 Å². The molecule has 0 fully saturated rings. The molecule has 0 amide bonds. The van der Waals surface area contributed by atoms with Gasteiger partial charge < -0.3 is 5.32 Å². The van der Waals surface area contributed by atoms with E-state index in [-0.39, 0.29) is 5.82 Å². The van der Waals surface area contributed by atoms with Gasteiger partial charge in [-0.1, -0.05) is 6.07 Å². The second-order valence-electron chi connectivity index (χ2n) is 3.84. The van der Waals surface area contributed by atoms with Crippen molar-refractivity contribution in [3.63, 3.8) is 0 Å². The third-order valence-corrected chi connectivity index (χ3v) is 3.37. The Labute approximate surface area is 106 Å². The molecule has 0 saturated heterocycles. The molecule has 2 aromatic heterocycles. The van der Waals surface area contributed by atoms with Crippen LogP contribution in [-0.2, 0) is 12.7 Å². The summed E-state index contributed by atoms with van der Waals surface area (Å²) in [7, 11) is 0. The number of thiophene rings is 1. The fourth-order valence-corrected chi connectivity index (χ4v) is 2.30. The number of anilines is 1. The maximum atomic E-state index is 12.5. The average molecular weight is 272 g/mol. The molecule has 0 unspecified atom stereocenters. The first-order chi connectivity index (χ1) is 8.47. The van der Waals surface area contributed by atoms with Crippen molar-refractivity contribution in [1.82, 2.24) is 4.98 Å². The molecule has 18 heavy (non-hydrogen) atoms. The normalized spacial score (nSPS) is 11.6. The van der Waals surface area contributed by atoms with E-state index in [1.54, 1.807) is 11.3 Å². The highest BCUT2D eigenvalue weighted by Gasteiger charge is 2.32. The Kier molecular flexibility index (Phi) is 3.56. The van der Waals surface area contributed by atoms with E-state index in [4.69, 9.17) is 0 Å². The molecular formula is C12H11F3N2S. The smallest absolute Gasteiger partial charge is 0.366 e. The summed E-state index contributed by atoms with van der Waals surface area (Å²) >= 11 is 1.57. The van der Waals surface area contributed by atoms with Crippen LogP contribution in [0.2, 0.25) is 0 Å². The largest absolute Gasteiger partial charge is 0.433 e. The molecule has 2 nitrogen and oxygen atoms in total. The number of hydrogen-bond acceptors (Lipinski definition) is 3. The molecule has 0 saturated carbocycles. The van der Waals surface area contributed by atoms with E-state index in [9.17, 15) is 13.2 Å². The van der Waals surface area contributed by atoms with E-state index < -0.39 is 11.9 Å². The summed E-state index contributed by atoms with van der Waals surface area (Å²) in [6.07, 6.45) is -4.41. The fraction of sp³-hybridized carbons (Fsp3) is 0.250. The number of nitrogens with zero attached hydrogens (tertiary/aromatic N) is 1. The summed E-state index contributed by atoms with van der Waals surface area (Å²) in [4.78, 5) is 3.54. The topological polar surface area (TPSA) is 24.9 Å². The first kappa shape index (κ1) is 12.9. The summed E-state index contributed by atoms with van der Waals surface area (Å²) in [6.45, 7) is 2.44. The average Bonchev–Trinajstić information content (AvgIpc) is 2.72. The van der Waals surface area contributed by atoms with Crippen LogP contribution in [0, 0.1) is 6.92 Å². The standard InChI is InChI=1S/C12H11F3N2S/c1-8-6-18-7-9(8)5-16-11-4-2-3-10(17-11)12(13,14)15/h2-4,6-7H,5H2,1H3,(H,16,17). The Morgan fingerprint density at radius 2 is 2.06 bits per heavy atom. The lowest BCUT2D eigenvalue weighted by Gasteiger charge is -2.09. The zero-order valence-electron chi connectivity index (χ0n) is 9.58. The van der Waals surface area contributed by atoms with E-state index in [0.29, 0.717) is 6.54 Å². The quantitative estimate of drug-likeness (QED) is 0.910. The van der Waals surface area contributed by atoms with Crippen LogP contribution < -0.4 is 5.32 Å². The van der Waals surface area contributed by atoms with Crippen LogP contribution in [0.25, 0.3) is 0 Å². The van der Waals surface area contributed by atoms with Gasteiger partial charge in [-0.2, -0.15) is 24.5 Å². The molecule has 6 heteroatoms. The Hall–Kier alpha value is -1.56. The Balaban J connectivity index is 2.09. The molecule has 0 spiro atoms. The minimum atomic E-state index is -4.41. The minimum Gasteiger partial charge on any atom is -0.366 e. The lowest BCUT2D eigenvalue weighted by Crippen LogP contribution is -2.10. The van der Waals surface area contributed by atoms with Crippen LogP contribution in [0.1, 0.15) is 16.8 Å². The molecule has 0 aliphatic heterocycles. The van der Waals surface area contributed by atoms with Crippen molar-refractivity contribution in [3.05, 3.63) is 45.8 Å². The lowest BCUT2D eigenvalue weighted by molar-refractivity contribution is -0.141. The summed E-state index contributed by atoms with van der Waals surface area (Å²) in [5.74, 6) is 0.232. The van der Waals surface area contributed by atoms with Crippen LogP contribution in [0.3, 0.4) is 0 Å². The number of aryl methyl sites for hydroxylation is 1. The van der Waals surface area contributed by atoms with Gasteiger partial charge in [0.05, 0.1) is 0 Å². The van der Waals surface area contributed by atoms with Gasteiger partial charge in [0.15, 0.2) is 0 Å². The molecule has 0 atom stereocenters. The summed E-state index contributed by atoms with van der Waals surface area (Å²) in [5, 5.41) is 6.86. The number of alkyl halides is 3. The summed E-state index contributed by atoms with van der Waals surface area (Å²) in [6, 6.07) is 3.83. The van der Waals surface area contributed by atoms with E-state index in [2.05, 4.69) is 10.3 Å². The van der Waals surface area contributed by atoms with E-state index in [1.807, 2.05) is 17.7 Å². The Bertz CT molecular complexity index is 534. The van der Waals surface area contributed by atoms with E-state index >= 15 is 0 Å². The molecule has 2 rings (SSSR count). The molecule has 0 aromatic carbocycles. The van der Waals surface area contributed by atoms with Crippen molar-refractivity contribution in [2.45, 2.75) is 19.6 Å². The van der Waals surface area contributed by atoms with Crippen molar-refractivity contribution in [2.75, 3.05) is 5.32 Å². The maximum absolute atomic E-state index is 12.5. The molecule has 0 bridgehead atoms. The number of aromatic nitrogens is 1. The van der Waals surface area contributed by atoms with E-state index in [0.717, 1.165) is 17.2 Å². The second-order valence-corrected chi connectivity index (χ2v) is 4.58. The van der Waals surface area contributed by atoms with Gasteiger partial charge in [0.1, 0.15) is 11.5 Å². The SMILES string of the molecule is Cc1cscc1CNc1cccc(C(F)(F)F)n1. The zero-order valence-corrected chi connectivity index (χ0v) is 10.4. The number of pyridine rings is 1. The summed E-state index contributed by atoms with van der Waals surface area (Å²) in [5.41, 5.74) is 1.31. The van der Waals surface area contributed by atoms with Gasteiger partial charge in [-0.3, -0.25) is 0 Å². The third kappa shape index (κ3) is 3.01. The predicted octanol–water partition coefficient (Wildman–Crippen LogP) is 4.08. The van der Waals surface area contributed by atoms with Crippen molar-refractivity contribution >= 4 is 17.2 Å². The molecule has 0 aliphatic rings. The predicted molar refractivity (Wildman–Crippen MR) is 65.6 cm³/mol. The molecule has 1 N–H and O–H groups in total. The van der Waals surface area contributed by atoms with Gasteiger partial charge in [-0.25, -0.2) is 4.98 Å². The van der Waals surface area contributed by atoms with Crippen molar-refractivity contribution < 1.29 is 13.2 Å². The van der Waals surface area contributed by atoms with Gasteiger partial charge in [0.25, 0.3) is 0 Å². The van der Waals surface area contributed by atoms with Crippen molar-refractivity contribution in [3.8, 4) is 0 Å². The van der Waals surface area contributed by atoms with Crippen LogP contribution >= 0.6 is 11.3 Å². The highest BCUT2D eigenvalue weighted by atomic mass is 32.1. The Morgan fingerprint density at radius 1 is 1.28 bits per heavy atom. The van der Waals surface area contributed by atoms with Gasteiger partial charge in [-0.05, 0) is 40.9 Å². The minimum absolute atomic E-state index is 0.232. The molecule has 2 aromatic rings. The monoisotopic (exact) mass is 272 g/mol. The first-order valence-electron chi connectivity index (χ1n) is 5.26. The highest BCUT2D eigenvalue weighted by Crippen LogP contribution is 2.28. The molecule has 0 aliphatic carbocycles. The third-order valence-electron chi connectivity index (χ3n) is 2.46. The van der Waals surface area contributed by atoms with Crippen molar-refractivity contribution in [2.24, 2.45) is 0 Å². The van der Waals surface area contributed by atoms with Crippen LogP contribution in [0.5, 0.6) is 0 Å². The number of nitrogens with one attached hydrogen (secondary N) is 1. The number of hydrogen-bond donors (Lipinski definition) is 1. The van der Waals surface area contributed by atoms with Crippen LogP contribution in [-0.4, -0.2) is 4.98 Å². The van der Waals surface area contributed by atoms with Crippen LogP contribution in [0.15, 0.2) is 29.0 Å². The van der Waals surface area contributed by atoms with Gasteiger partial charge >= 0.3 is 6.18 Å². The fourth-order valence-electron chi connectivity index (χ4n) is 1.44. The van der Waals surface area contributed by atoms with Gasteiger partial charge in [0.2, 0.25) is 0 Å². The number of rotatable bonds is 3. The molecular weight excluding hydrogens is 261 g/mol. The molecule has 96 valence electrons. The van der Waals surface area contributed by atoms with Gasteiger partial charge in [-0.15, -0.1) is 0 Å². The Morgan fingerprint density at radius 3 is 2.67 bits per heavy atom. The van der Waals surface area contributed by atoms with Gasteiger partial charge in [0, 0.05) is 6.54 Å². The van der Waals surface area contributed by atoms with Crippen LogP contribution in [0.4, 0.5) is 19.0 Å². The second kappa shape index (κ2) is 4.97. The zero-order chi connectivity index (χ0) is 13.2. The maximum Gasteiger partial charge on any atom is 0.433 e. The lowest BCUT2D eigenvalue weighted by atomic mass is 10.2. The summed E-state index contributed by atoms with van der Waals surface area (Å²) < 4.78 is 37.4. The van der Waals surface area contributed by atoms with Crippen molar-refractivity contribution in [1.29, 1.82) is 0 Å². The molecule has 2 heterocycles. The highest BCUT2D eigenvalue weighted by molar-refractivity contribution is 7.08.